The van der Waals surface area contributed by atoms with Crippen molar-refractivity contribution in [2.45, 2.75) is 24.7 Å². The molecule has 22 heavy (non-hydrogen) atoms. The molecule has 0 atom stereocenters. The van der Waals surface area contributed by atoms with E-state index in [0.29, 0.717) is 0 Å². The Morgan fingerprint density at radius 3 is 2.45 bits per heavy atom. The molecule has 114 valence electrons. The number of rotatable bonds is 4. The second-order valence-corrected chi connectivity index (χ2v) is 7.91. The van der Waals surface area contributed by atoms with Gasteiger partial charge in [-0.05, 0) is 22.9 Å². The monoisotopic (exact) mass is 333 g/mol. The number of nitrogens with zero attached hydrogens (tertiary/aromatic N) is 2. The minimum Gasteiger partial charge on any atom is -0.253 e. The number of sulfonamides is 1. The van der Waals surface area contributed by atoms with Crippen LogP contribution in [0.1, 0.15) is 24.8 Å². The van der Waals surface area contributed by atoms with Crippen LogP contribution in [0.4, 0.5) is 5.13 Å². The highest BCUT2D eigenvalue weighted by atomic mass is 32.2. The first-order valence-corrected chi connectivity index (χ1v) is 9.11. The molecule has 0 aliphatic heterocycles. The van der Waals surface area contributed by atoms with E-state index in [4.69, 9.17) is 0 Å². The van der Waals surface area contributed by atoms with Crippen molar-refractivity contribution >= 4 is 37.3 Å². The summed E-state index contributed by atoms with van der Waals surface area (Å²) in [6, 6.07) is 12.7. The molecule has 1 aromatic heterocycles. The maximum absolute atomic E-state index is 12.5. The van der Waals surface area contributed by atoms with E-state index < -0.39 is 10.0 Å². The van der Waals surface area contributed by atoms with Gasteiger partial charge in [0.1, 0.15) is 5.01 Å². The molecule has 0 aliphatic rings. The molecule has 0 amide bonds. The van der Waals surface area contributed by atoms with E-state index in [0.717, 1.165) is 15.8 Å². The van der Waals surface area contributed by atoms with Gasteiger partial charge in [-0.3, -0.25) is 4.72 Å². The van der Waals surface area contributed by atoms with Gasteiger partial charge in [0.2, 0.25) is 5.13 Å². The van der Waals surface area contributed by atoms with Crippen LogP contribution >= 0.6 is 11.3 Å². The maximum Gasteiger partial charge on any atom is 0.263 e. The Hall–Kier alpha value is -1.99. The lowest BCUT2D eigenvalue weighted by atomic mass is 10.1. The van der Waals surface area contributed by atoms with Crippen LogP contribution in [0.25, 0.3) is 10.8 Å². The van der Waals surface area contributed by atoms with Crippen LogP contribution in [-0.2, 0) is 10.0 Å². The Labute approximate surface area is 133 Å². The van der Waals surface area contributed by atoms with Crippen molar-refractivity contribution in [2.75, 3.05) is 4.72 Å². The summed E-state index contributed by atoms with van der Waals surface area (Å²) in [6.07, 6.45) is 0. The van der Waals surface area contributed by atoms with Gasteiger partial charge in [-0.2, -0.15) is 0 Å². The topological polar surface area (TPSA) is 72.0 Å². The van der Waals surface area contributed by atoms with E-state index in [1.165, 1.54) is 11.3 Å². The molecule has 0 radical (unpaired) electrons. The van der Waals surface area contributed by atoms with Crippen LogP contribution < -0.4 is 4.72 Å². The lowest BCUT2D eigenvalue weighted by Gasteiger charge is -2.06. The fourth-order valence-electron chi connectivity index (χ4n) is 2.02. The first-order valence-electron chi connectivity index (χ1n) is 6.81. The first kappa shape index (κ1) is 14.9. The summed E-state index contributed by atoms with van der Waals surface area (Å²) < 4.78 is 27.4. The van der Waals surface area contributed by atoms with Crippen LogP contribution in [-0.4, -0.2) is 18.6 Å². The molecule has 1 heterocycles. The van der Waals surface area contributed by atoms with Gasteiger partial charge in [0.05, 0.1) is 4.90 Å². The maximum atomic E-state index is 12.5. The number of fused-ring (bicyclic) bond motifs is 1. The van der Waals surface area contributed by atoms with E-state index >= 15 is 0 Å². The van der Waals surface area contributed by atoms with Crippen LogP contribution in [0.5, 0.6) is 0 Å². The molecule has 0 unspecified atom stereocenters. The van der Waals surface area contributed by atoms with Crippen molar-refractivity contribution in [3.05, 3.63) is 47.5 Å². The predicted octanol–water partition coefficient (Wildman–Crippen LogP) is 3.62. The van der Waals surface area contributed by atoms with Gasteiger partial charge in [-0.15, -0.1) is 10.2 Å². The molecule has 0 bridgehead atoms. The third-order valence-corrected chi connectivity index (χ3v) is 5.79. The lowest BCUT2D eigenvalue weighted by molar-refractivity contribution is 0.601. The minimum atomic E-state index is -3.66. The van der Waals surface area contributed by atoms with Gasteiger partial charge in [-0.1, -0.05) is 55.5 Å². The third kappa shape index (κ3) is 2.95. The summed E-state index contributed by atoms with van der Waals surface area (Å²) in [6.45, 7) is 3.98. The molecule has 2 aromatic carbocycles. The third-order valence-electron chi connectivity index (χ3n) is 3.19. The van der Waals surface area contributed by atoms with Crippen LogP contribution in [0.2, 0.25) is 0 Å². The fourth-order valence-corrected chi connectivity index (χ4v) is 4.03. The standard InChI is InChI=1S/C15H15N3O2S2/c1-10(2)14-16-17-15(21-14)18-22(19,20)13-8-7-11-5-3-4-6-12(11)9-13/h3-10H,1-2H3,(H,17,18). The van der Waals surface area contributed by atoms with Crippen molar-refractivity contribution in [3.8, 4) is 0 Å². The van der Waals surface area contributed by atoms with Gasteiger partial charge in [-0.25, -0.2) is 8.42 Å². The molecule has 0 spiro atoms. The van der Waals surface area contributed by atoms with E-state index in [9.17, 15) is 8.42 Å². The SMILES string of the molecule is CC(C)c1nnc(NS(=O)(=O)c2ccc3ccccc3c2)s1. The highest BCUT2D eigenvalue weighted by molar-refractivity contribution is 7.93. The Morgan fingerprint density at radius 2 is 1.77 bits per heavy atom. The minimum absolute atomic E-state index is 0.215. The summed E-state index contributed by atoms with van der Waals surface area (Å²) in [5.41, 5.74) is 0. The van der Waals surface area contributed by atoms with E-state index in [1.54, 1.807) is 18.2 Å². The average molecular weight is 333 g/mol. The zero-order chi connectivity index (χ0) is 15.7. The molecule has 0 aliphatic carbocycles. The summed E-state index contributed by atoms with van der Waals surface area (Å²) in [4.78, 5) is 0.215. The number of hydrogen-bond acceptors (Lipinski definition) is 5. The van der Waals surface area contributed by atoms with E-state index in [1.807, 2.05) is 38.1 Å². The van der Waals surface area contributed by atoms with Crippen molar-refractivity contribution in [1.82, 2.24) is 10.2 Å². The first-order chi connectivity index (χ1) is 10.5. The quantitative estimate of drug-likeness (QED) is 0.791. The fraction of sp³-hybridized carbons (Fsp3) is 0.200. The molecule has 0 fully saturated rings. The van der Waals surface area contributed by atoms with Gasteiger partial charge in [0.25, 0.3) is 10.0 Å². The van der Waals surface area contributed by atoms with Crippen LogP contribution in [0, 0.1) is 0 Å². The largest absolute Gasteiger partial charge is 0.263 e. The Morgan fingerprint density at radius 1 is 1.05 bits per heavy atom. The second kappa shape index (κ2) is 5.66. The molecule has 5 nitrogen and oxygen atoms in total. The zero-order valence-corrected chi connectivity index (χ0v) is 13.8. The van der Waals surface area contributed by atoms with Gasteiger partial charge in [0.15, 0.2) is 0 Å². The number of hydrogen-bond donors (Lipinski definition) is 1. The molecule has 0 saturated carbocycles. The number of nitrogens with one attached hydrogen (secondary N) is 1. The molecule has 1 N–H and O–H groups in total. The summed E-state index contributed by atoms with van der Waals surface area (Å²) >= 11 is 1.25. The predicted molar refractivity (Wildman–Crippen MR) is 88.8 cm³/mol. The zero-order valence-electron chi connectivity index (χ0n) is 12.1. The van der Waals surface area contributed by atoms with Gasteiger partial charge >= 0.3 is 0 Å². The summed E-state index contributed by atoms with van der Waals surface area (Å²) in [5.74, 6) is 0.219. The highest BCUT2D eigenvalue weighted by Gasteiger charge is 2.18. The molecule has 0 saturated heterocycles. The molecule has 3 rings (SSSR count). The molecular formula is C15H15N3O2S2. The number of aromatic nitrogens is 2. The van der Waals surface area contributed by atoms with Crippen molar-refractivity contribution < 1.29 is 8.42 Å². The molecule has 7 heteroatoms. The van der Waals surface area contributed by atoms with Gasteiger partial charge in [0, 0.05) is 5.92 Å². The van der Waals surface area contributed by atoms with Crippen LogP contribution in [0.3, 0.4) is 0 Å². The Kier molecular flexibility index (Phi) is 3.84. The average Bonchev–Trinajstić information content (AvgIpc) is 2.95. The molecule has 3 aromatic rings. The smallest absolute Gasteiger partial charge is 0.253 e. The summed E-state index contributed by atoms with van der Waals surface area (Å²) in [5, 5.41) is 10.8. The lowest BCUT2D eigenvalue weighted by Crippen LogP contribution is -2.12. The van der Waals surface area contributed by atoms with E-state index in [2.05, 4.69) is 14.9 Å². The second-order valence-electron chi connectivity index (χ2n) is 5.21. The number of benzene rings is 2. The van der Waals surface area contributed by atoms with Gasteiger partial charge < -0.3 is 0 Å². The van der Waals surface area contributed by atoms with Crippen molar-refractivity contribution in [3.63, 3.8) is 0 Å². The Balaban J connectivity index is 1.93. The van der Waals surface area contributed by atoms with Crippen molar-refractivity contribution in [1.29, 1.82) is 0 Å². The Bertz CT molecular complexity index is 917. The number of anilines is 1. The van der Waals surface area contributed by atoms with E-state index in [-0.39, 0.29) is 15.9 Å². The summed E-state index contributed by atoms with van der Waals surface area (Å²) in [7, 11) is -3.66. The van der Waals surface area contributed by atoms with Crippen LogP contribution in [0.15, 0.2) is 47.4 Å². The van der Waals surface area contributed by atoms with Crippen molar-refractivity contribution in [2.24, 2.45) is 0 Å². The highest BCUT2D eigenvalue weighted by Crippen LogP contribution is 2.25. The molecular weight excluding hydrogens is 318 g/mol. The normalized spacial score (nSPS) is 12.0.